The Hall–Kier alpha value is -1.68. The summed E-state index contributed by atoms with van der Waals surface area (Å²) in [5.41, 5.74) is 6.77. The number of fused-ring (bicyclic) bond motifs is 1. The molecule has 96 valence electrons. The normalized spacial score (nSPS) is 11.3. The fraction of sp³-hybridized carbons (Fsp3) is 0.357. The summed E-state index contributed by atoms with van der Waals surface area (Å²) in [7, 11) is 0. The molecule has 1 heterocycles. The van der Waals surface area contributed by atoms with Crippen LogP contribution in [0.5, 0.6) is 0 Å². The first-order chi connectivity index (χ1) is 8.47. The van der Waals surface area contributed by atoms with Crippen LogP contribution in [0.4, 0.5) is 10.1 Å². The number of nitrogens with two attached hydrogens (primary N) is 1. The number of hydrazine groups is 1. The maximum absolute atomic E-state index is 14.1. The number of hydrogen-bond acceptors (Lipinski definition) is 3. The predicted molar refractivity (Wildman–Crippen MR) is 73.1 cm³/mol. The van der Waals surface area contributed by atoms with Gasteiger partial charge in [0.05, 0.1) is 16.6 Å². The first-order valence-corrected chi connectivity index (χ1v) is 6.03. The lowest BCUT2D eigenvalue weighted by Gasteiger charge is -2.18. The number of rotatable bonds is 2. The Kier molecular flexibility index (Phi) is 3.22. The van der Waals surface area contributed by atoms with Gasteiger partial charge < -0.3 is 5.43 Å². The molecule has 0 unspecified atom stereocenters. The van der Waals surface area contributed by atoms with Crippen LogP contribution in [-0.4, -0.2) is 4.98 Å². The van der Waals surface area contributed by atoms with Crippen LogP contribution in [0.25, 0.3) is 10.9 Å². The summed E-state index contributed by atoms with van der Waals surface area (Å²) in [6.45, 7) is 7.94. The van der Waals surface area contributed by atoms with Crippen molar-refractivity contribution in [2.45, 2.75) is 33.6 Å². The van der Waals surface area contributed by atoms with E-state index in [4.69, 9.17) is 5.84 Å². The lowest BCUT2D eigenvalue weighted by Crippen LogP contribution is -2.13. The minimum Gasteiger partial charge on any atom is -0.323 e. The molecule has 0 atom stereocenters. The third-order valence-electron chi connectivity index (χ3n) is 3.24. The molecule has 0 fully saturated rings. The average Bonchev–Trinajstić information content (AvgIpc) is 2.32. The summed E-state index contributed by atoms with van der Waals surface area (Å²) in [6, 6.07) is 3.19. The number of anilines is 1. The van der Waals surface area contributed by atoms with Crippen molar-refractivity contribution < 1.29 is 4.39 Å². The summed E-state index contributed by atoms with van der Waals surface area (Å²) in [4.78, 5) is 4.53. The third kappa shape index (κ3) is 1.82. The van der Waals surface area contributed by atoms with Gasteiger partial charge >= 0.3 is 0 Å². The van der Waals surface area contributed by atoms with Crippen molar-refractivity contribution in [3.8, 4) is 0 Å². The second-order valence-electron chi connectivity index (χ2n) is 4.87. The zero-order valence-electron chi connectivity index (χ0n) is 11.1. The molecule has 4 heteroatoms. The Morgan fingerprint density at radius 1 is 1.28 bits per heavy atom. The molecule has 1 aromatic carbocycles. The number of halogens is 1. The smallest absolute Gasteiger partial charge is 0.134 e. The van der Waals surface area contributed by atoms with Crippen molar-refractivity contribution in [2.24, 2.45) is 5.84 Å². The molecular formula is C14H18FN3. The van der Waals surface area contributed by atoms with E-state index in [1.54, 1.807) is 6.07 Å². The Morgan fingerprint density at radius 3 is 2.50 bits per heavy atom. The highest BCUT2D eigenvalue weighted by atomic mass is 19.1. The summed E-state index contributed by atoms with van der Waals surface area (Å²) in [6.07, 6.45) is 0. The van der Waals surface area contributed by atoms with Crippen LogP contribution in [0.1, 0.15) is 36.6 Å². The molecule has 3 N–H and O–H groups in total. The molecule has 0 aliphatic heterocycles. The van der Waals surface area contributed by atoms with E-state index in [0.717, 1.165) is 16.8 Å². The van der Waals surface area contributed by atoms with Gasteiger partial charge in [-0.2, -0.15) is 0 Å². The standard InChI is InChI=1S/C14H18FN3/c1-7(2)11-9(4)17-13-8(3)5-6-10(15)12(13)14(11)18-16/h5-7H,16H2,1-4H3,(H,17,18). The van der Waals surface area contributed by atoms with Gasteiger partial charge in [-0.25, -0.2) is 4.39 Å². The highest BCUT2D eigenvalue weighted by Crippen LogP contribution is 2.35. The van der Waals surface area contributed by atoms with Gasteiger partial charge in [-0.15, -0.1) is 0 Å². The summed E-state index contributed by atoms with van der Waals surface area (Å²) in [5.74, 6) is 5.53. The van der Waals surface area contributed by atoms with Crippen LogP contribution in [0.2, 0.25) is 0 Å². The molecule has 0 spiro atoms. The Morgan fingerprint density at radius 2 is 1.94 bits per heavy atom. The van der Waals surface area contributed by atoms with Crippen LogP contribution in [0, 0.1) is 19.7 Å². The van der Waals surface area contributed by atoms with Crippen LogP contribution in [0.3, 0.4) is 0 Å². The van der Waals surface area contributed by atoms with Gasteiger partial charge in [0.2, 0.25) is 0 Å². The maximum Gasteiger partial charge on any atom is 0.134 e. The number of aromatic nitrogens is 1. The molecule has 3 nitrogen and oxygen atoms in total. The second kappa shape index (κ2) is 4.53. The van der Waals surface area contributed by atoms with Gasteiger partial charge in [-0.1, -0.05) is 19.9 Å². The first kappa shape index (κ1) is 12.8. The number of hydrogen-bond donors (Lipinski definition) is 2. The van der Waals surface area contributed by atoms with Gasteiger partial charge in [-0.3, -0.25) is 10.8 Å². The Balaban J connectivity index is 2.99. The van der Waals surface area contributed by atoms with Crippen molar-refractivity contribution >= 4 is 16.6 Å². The van der Waals surface area contributed by atoms with E-state index >= 15 is 0 Å². The van der Waals surface area contributed by atoms with Crippen LogP contribution in [-0.2, 0) is 0 Å². The van der Waals surface area contributed by atoms with Gasteiger partial charge in [0.25, 0.3) is 0 Å². The van der Waals surface area contributed by atoms with Crippen LogP contribution >= 0.6 is 0 Å². The third-order valence-corrected chi connectivity index (χ3v) is 3.24. The number of aryl methyl sites for hydroxylation is 2. The number of nitrogens with one attached hydrogen (secondary N) is 1. The van der Waals surface area contributed by atoms with E-state index in [2.05, 4.69) is 10.4 Å². The number of benzene rings is 1. The number of nitrogens with zero attached hydrogens (tertiary/aromatic N) is 1. The fourth-order valence-corrected chi connectivity index (χ4v) is 2.45. The van der Waals surface area contributed by atoms with Crippen molar-refractivity contribution in [1.29, 1.82) is 0 Å². The van der Waals surface area contributed by atoms with Gasteiger partial charge in [0.1, 0.15) is 5.82 Å². The minimum atomic E-state index is -0.294. The van der Waals surface area contributed by atoms with Crippen LogP contribution in [0.15, 0.2) is 12.1 Å². The lowest BCUT2D eigenvalue weighted by atomic mass is 9.96. The van der Waals surface area contributed by atoms with E-state index in [0.29, 0.717) is 16.6 Å². The number of pyridine rings is 1. The van der Waals surface area contributed by atoms with E-state index in [1.807, 2.05) is 27.7 Å². The zero-order valence-corrected chi connectivity index (χ0v) is 11.1. The predicted octanol–water partition coefficient (Wildman–Crippen LogP) is 3.40. The zero-order chi connectivity index (χ0) is 13.4. The first-order valence-electron chi connectivity index (χ1n) is 6.03. The Labute approximate surface area is 106 Å². The molecule has 0 amide bonds. The molecule has 2 aromatic rings. The topological polar surface area (TPSA) is 50.9 Å². The molecule has 2 rings (SSSR count). The molecule has 18 heavy (non-hydrogen) atoms. The number of nitrogen functional groups attached to an aromatic ring is 1. The van der Waals surface area contributed by atoms with E-state index in [9.17, 15) is 4.39 Å². The molecule has 1 aromatic heterocycles. The SMILES string of the molecule is Cc1nc2c(C)ccc(F)c2c(NN)c1C(C)C. The lowest BCUT2D eigenvalue weighted by molar-refractivity contribution is 0.639. The van der Waals surface area contributed by atoms with Crippen molar-refractivity contribution in [3.05, 3.63) is 34.8 Å². The fourth-order valence-electron chi connectivity index (χ4n) is 2.45. The quantitative estimate of drug-likeness (QED) is 0.631. The van der Waals surface area contributed by atoms with Gasteiger partial charge in [0.15, 0.2) is 0 Å². The monoisotopic (exact) mass is 247 g/mol. The maximum atomic E-state index is 14.1. The van der Waals surface area contributed by atoms with Crippen molar-refractivity contribution in [2.75, 3.05) is 5.43 Å². The summed E-state index contributed by atoms with van der Waals surface area (Å²) >= 11 is 0. The second-order valence-corrected chi connectivity index (χ2v) is 4.87. The van der Waals surface area contributed by atoms with Crippen molar-refractivity contribution in [1.82, 2.24) is 4.98 Å². The van der Waals surface area contributed by atoms with Crippen molar-refractivity contribution in [3.63, 3.8) is 0 Å². The highest BCUT2D eigenvalue weighted by Gasteiger charge is 2.18. The minimum absolute atomic E-state index is 0.230. The van der Waals surface area contributed by atoms with Gasteiger partial charge in [-0.05, 0) is 31.4 Å². The average molecular weight is 247 g/mol. The molecule has 0 saturated carbocycles. The highest BCUT2D eigenvalue weighted by molar-refractivity contribution is 5.95. The molecule has 0 bridgehead atoms. The molecule has 0 saturated heterocycles. The largest absolute Gasteiger partial charge is 0.323 e. The summed E-state index contributed by atoms with van der Waals surface area (Å²) < 4.78 is 14.1. The summed E-state index contributed by atoms with van der Waals surface area (Å²) in [5, 5.41) is 0.479. The van der Waals surface area contributed by atoms with Gasteiger partial charge in [0, 0.05) is 11.3 Å². The van der Waals surface area contributed by atoms with Crippen LogP contribution < -0.4 is 11.3 Å². The van der Waals surface area contributed by atoms with E-state index < -0.39 is 0 Å². The molecule has 0 aliphatic carbocycles. The molecular weight excluding hydrogens is 229 g/mol. The van der Waals surface area contributed by atoms with E-state index in [1.165, 1.54) is 6.07 Å². The van der Waals surface area contributed by atoms with E-state index in [-0.39, 0.29) is 11.7 Å². The Bertz CT molecular complexity index is 606. The molecule has 0 aliphatic rings. The molecule has 0 radical (unpaired) electrons.